The molecule has 0 aromatic carbocycles. The van der Waals surface area contributed by atoms with Crippen LogP contribution >= 0.6 is 0 Å². The molecule has 0 aliphatic rings. The van der Waals surface area contributed by atoms with E-state index in [0.29, 0.717) is 29.4 Å². The molecule has 0 saturated heterocycles. The van der Waals surface area contributed by atoms with Crippen LogP contribution < -0.4 is 10.5 Å². The number of nitrogens with zero attached hydrogens (tertiary/aromatic N) is 4. The topological polar surface area (TPSA) is 91.1 Å². The molecular weight excluding hydrogens is 234 g/mol. The van der Waals surface area contributed by atoms with Gasteiger partial charge in [0.05, 0.1) is 19.5 Å². The molecule has 18 heavy (non-hydrogen) atoms. The van der Waals surface area contributed by atoms with Gasteiger partial charge in [0.15, 0.2) is 5.75 Å². The normalized spacial score (nSPS) is 12.7. The highest BCUT2D eigenvalue weighted by molar-refractivity contribution is 5.45. The van der Waals surface area contributed by atoms with Crippen LogP contribution in [-0.4, -0.2) is 31.8 Å². The van der Waals surface area contributed by atoms with E-state index in [1.807, 2.05) is 6.92 Å². The van der Waals surface area contributed by atoms with Gasteiger partial charge < -0.3 is 15.6 Å². The fourth-order valence-electron chi connectivity index (χ4n) is 1.88. The SMILES string of the molecule is CCn1ncc(OC)c1C(O)c1cnn(C)c1N. The first kappa shape index (κ1) is 12.4. The Bertz CT molecular complexity index is 524. The van der Waals surface area contributed by atoms with Crippen molar-refractivity contribution >= 4 is 5.82 Å². The van der Waals surface area contributed by atoms with Crippen molar-refractivity contribution in [2.75, 3.05) is 12.8 Å². The Labute approximate surface area is 105 Å². The molecule has 2 aromatic rings. The lowest BCUT2D eigenvalue weighted by molar-refractivity contribution is 0.203. The Morgan fingerprint density at radius 2 is 2.17 bits per heavy atom. The van der Waals surface area contributed by atoms with E-state index in [1.54, 1.807) is 31.2 Å². The molecule has 1 atom stereocenters. The van der Waals surface area contributed by atoms with Crippen LogP contribution in [0.15, 0.2) is 12.4 Å². The quantitative estimate of drug-likeness (QED) is 0.816. The molecule has 0 amide bonds. The second-order valence-corrected chi connectivity index (χ2v) is 3.93. The summed E-state index contributed by atoms with van der Waals surface area (Å²) in [5, 5.41) is 18.6. The van der Waals surface area contributed by atoms with Gasteiger partial charge in [-0.2, -0.15) is 10.2 Å². The molecule has 0 bridgehead atoms. The number of aliphatic hydroxyl groups excluding tert-OH is 1. The second kappa shape index (κ2) is 4.69. The number of ether oxygens (including phenoxy) is 1. The van der Waals surface area contributed by atoms with Gasteiger partial charge in [0.1, 0.15) is 17.6 Å². The number of methoxy groups -OCH3 is 1. The van der Waals surface area contributed by atoms with Gasteiger partial charge in [-0.05, 0) is 6.92 Å². The van der Waals surface area contributed by atoms with Crippen molar-refractivity contribution in [3.8, 4) is 5.75 Å². The molecule has 3 N–H and O–H groups in total. The molecule has 2 heterocycles. The molecule has 0 fully saturated rings. The van der Waals surface area contributed by atoms with Crippen molar-refractivity contribution in [3.63, 3.8) is 0 Å². The lowest BCUT2D eigenvalue weighted by Gasteiger charge is -2.13. The number of rotatable bonds is 4. The Morgan fingerprint density at radius 3 is 2.67 bits per heavy atom. The summed E-state index contributed by atoms with van der Waals surface area (Å²) in [5.74, 6) is 0.959. The number of aryl methyl sites for hydroxylation is 2. The molecule has 0 saturated carbocycles. The smallest absolute Gasteiger partial charge is 0.163 e. The van der Waals surface area contributed by atoms with Crippen molar-refractivity contribution < 1.29 is 9.84 Å². The molecule has 0 aliphatic heterocycles. The molecule has 2 aromatic heterocycles. The number of hydrogen-bond acceptors (Lipinski definition) is 5. The molecule has 0 aliphatic carbocycles. The van der Waals surface area contributed by atoms with Gasteiger partial charge in [-0.1, -0.05) is 0 Å². The third-order valence-electron chi connectivity index (χ3n) is 2.93. The van der Waals surface area contributed by atoms with Gasteiger partial charge in [-0.15, -0.1) is 0 Å². The molecule has 7 nitrogen and oxygen atoms in total. The fraction of sp³-hybridized carbons (Fsp3) is 0.455. The summed E-state index contributed by atoms with van der Waals surface area (Å²) < 4.78 is 8.39. The van der Waals surface area contributed by atoms with Crippen molar-refractivity contribution in [2.45, 2.75) is 19.6 Å². The first-order valence-electron chi connectivity index (χ1n) is 5.65. The second-order valence-electron chi connectivity index (χ2n) is 3.93. The third kappa shape index (κ3) is 1.82. The Hall–Kier alpha value is -2.02. The van der Waals surface area contributed by atoms with Crippen molar-refractivity contribution in [3.05, 3.63) is 23.7 Å². The van der Waals surface area contributed by atoms with Gasteiger partial charge in [0.2, 0.25) is 0 Å². The zero-order valence-electron chi connectivity index (χ0n) is 10.7. The van der Waals surface area contributed by atoms with Crippen molar-refractivity contribution in [1.82, 2.24) is 19.6 Å². The zero-order valence-corrected chi connectivity index (χ0v) is 10.7. The number of aliphatic hydroxyl groups is 1. The largest absolute Gasteiger partial charge is 0.493 e. The maximum atomic E-state index is 10.4. The van der Waals surface area contributed by atoms with Crippen LogP contribution in [0, 0.1) is 0 Å². The predicted octanol–water partition coefficient (Wildman–Crippen LogP) is 0.309. The van der Waals surface area contributed by atoms with Crippen LogP contribution in [0.3, 0.4) is 0 Å². The summed E-state index contributed by atoms with van der Waals surface area (Å²) in [5.41, 5.74) is 6.99. The maximum Gasteiger partial charge on any atom is 0.163 e. The maximum absolute atomic E-state index is 10.4. The number of anilines is 1. The Kier molecular flexibility index (Phi) is 3.24. The van der Waals surface area contributed by atoms with Crippen LogP contribution in [-0.2, 0) is 13.6 Å². The average molecular weight is 251 g/mol. The first-order chi connectivity index (χ1) is 8.60. The lowest BCUT2D eigenvalue weighted by atomic mass is 10.1. The van der Waals surface area contributed by atoms with E-state index in [9.17, 15) is 5.11 Å². The van der Waals surface area contributed by atoms with Gasteiger partial charge >= 0.3 is 0 Å². The first-order valence-corrected chi connectivity index (χ1v) is 5.65. The minimum atomic E-state index is -0.906. The van der Waals surface area contributed by atoms with E-state index in [0.717, 1.165) is 0 Å². The van der Waals surface area contributed by atoms with E-state index in [-0.39, 0.29) is 0 Å². The number of nitrogens with two attached hydrogens (primary N) is 1. The molecular formula is C11H17N5O2. The van der Waals surface area contributed by atoms with Crippen LogP contribution in [0.5, 0.6) is 5.75 Å². The third-order valence-corrected chi connectivity index (χ3v) is 2.93. The van der Waals surface area contributed by atoms with E-state index >= 15 is 0 Å². The summed E-state index contributed by atoms with van der Waals surface area (Å²) in [6.45, 7) is 2.57. The molecule has 7 heteroatoms. The van der Waals surface area contributed by atoms with Crippen LogP contribution in [0.4, 0.5) is 5.82 Å². The van der Waals surface area contributed by atoms with E-state index in [1.165, 1.54) is 4.68 Å². The van der Waals surface area contributed by atoms with Crippen molar-refractivity contribution in [1.29, 1.82) is 0 Å². The van der Waals surface area contributed by atoms with Gasteiger partial charge in [0, 0.05) is 19.2 Å². The summed E-state index contributed by atoms with van der Waals surface area (Å²) in [6.07, 6.45) is 2.22. The minimum absolute atomic E-state index is 0.424. The van der Waals surface area contributed by atoms with E-state index in [4.69, 9.17) is 10.5 Å². The fourth-order valence-corrected chi connectivity index (χ4v) is 1.88. The highest BCUT2D eigenvalue weighted by atomic mass is 16.5. The number of aromatic nitrogens is 4. The van der Waals surface area contributed by atoms with Gasteiger partial charge in [-0.25, -0.2) is 0 Å². The molecule has 98 valence electrons. The summed E-state index contributed by atoms with van der Waals surface area (Å²) in [4.78, 5) is 0. The Morgan fingerprint density at radius 1 is 1.44 bits per heavy atom. The van der Waals surface area contributed by atoms with Gasteiger partial charge in [0.25, 0.3) is 0 Å². The minimum Gasteiger partial charge on any atom is -0.493 e. The van der Waals surface area contributed by atoms with Crippen LogP contribution in [0.25, 0.3) is 0 Å². The predicted molar refractivity (Wildman–Crippen MR) is 66.1 cm³/mol. The van der Waals surface area contributed by atoms with Crippen LogP contribution in [0.2, 0.25) is 0 Å². The van der Waals surface area contributed by atoms with Crippen molar-refractivity contribution in [2.24, 2.45) is 7.05 Å². The number of hydrogen-bond donors (Lipinski definition) is 2. The number of nitrogen functional groups attached to an aromatic ring is 1. The van der Waals surface area contributed by atoms with Gasteiger partial charge in [-0.3, -0.25) is 9.36 Å². The van der Waals surface area contributed by atoms with E-state index < -0.39 is 6.10 Å². The van der Waals surface area contributed by atoms with E-state index in [2.05, 4.69) is 10.2 Å². The standard InChI is InChI=1S/C11H17N5O2/c1-4-16-9(8(18-3)6-14-16)10(17)7-5-13-15(2)11(7)12/h5-6,10,17H,4,12H2,1-3H3. The monoisotopic (exact) mass is 251 g/mol. The summed E-state index contributed by atoms with van der Waals surface area (Å²) >= 11 is 0. The Balaban J connectivity index is 2.48. The van der Waals surface area contributed by atoms with Crippen LogP contribution in [0.1, 0.15) is 24.3 Å². The summed E-state index contributed by atoms with van der Waals surface area (Å²) in [6, 6.07) is 0. The molecule has 1 unspecified atom stereocenters. The highest BCUT2D eigenvalue weighted by Crippen LogP contribution is 2.32. The average Bonchev–Trinajstić information content (AvgIpc) is 2.93. The molecule has 0 spiro atoms. The lowest BCUT2D eigenvalue weighted by Crippen LogP contribution is -2.11. The highest BCUT2D eigenvalue weighted by Gasteiger charge is 2.24. The molecule has 0 radical (unpaired) electrons. The summed E-state index contributed by atoms with van der Waals surface area (Å²) in [7, 11) is 3.26. The zero-order chi connectivity index (χ0) is 13.3. The molecule has 2 rings (SSSR count).